The zero-order chi connectivity index (χ0) is 20.7. The number of benzene rings is 1. The summed E-state index contributed by atoms with van der Waals surface area (Å²) in [7, 11) is 0. The van der Waals surface area contributed by atoms with Crippen LogP contribution in [0.2, 0.25) is 0 Å². The Balaban J connectivity index is 1.50. The summed E-state index contributed by atoms with van der Waals surface area (Å²) in [6.45, 7) is 4.10. The number of hydrogen-bond donors (Lipinski definition) is 2. The predicted octanol–water partition coefficient (Wildman–Crippen LogP) is 1.92. The summed E-state index contributed by atoms with van der Waals surface area (Å²) < 4.78 is 6.76. The summed E-state index contributed by atoms with van der Waals surface area (Å²) in [5.41, 5.74) is 2.63. The molecular formula is C19H19N5O5. The third-order valence-corrected chi connectivity index (χ3v) is 4.83. The molecule has 29 heavy (non-hydrogen) atoms. The van der Waals surface area contributed by atoms with Crippen LogP contribution in [0.15, 0.2) is 35.1 Å². The molecule has 1 aliphatic rings. The van der Waals surface area contributed by atoms with E-state index in [1.54, 1.807) is 16.9 Å². The molecule has 1 aliphatic heterocycles. The second kappa shape index (κ2) is 6.97. The number of aromatic nitrogens is 3. The average Bonchev–Trinajstić information content (AvgIpc) is 3.33. The molecule has 0 bridgehead atoms. The van der Waals surface area contributed by atoms with E-state index in [2.05, 4.69) is 10.3 Å². The summed E-state index contributed by atoms with van der Waals surface area (Å²) >= 11 is 0. The molecule has 3 heterocycles. The summed E-state index contributed by atoms with van der Waals surface area (Å²) in [4.78, 5) is 27.7. The van der Waals surface area contributed by atoms with E-state index in [-0.39, 0.29) is 30.5 Å². The highest BCUT2D eigenvalue weighted by Gasteiger charge is 2.37. The number of carbonyl (C=O) groups is 2. The largest absolute Gasteiger partial charge is 0.504 e. The van der Waals surface area contributed by atoms with Crippen LogP contribution in [0.4, 0.5) is 10.5 Å². The molecule has 3 aromatic rings. The summed E-state index contributed by atoms with van der Waals surface area (Å²) in [6.07, 6.45) is 3.08. The third kappa shape index (κ3) is 3.40. The van der Waals surface area contributed by atoms with Crippen LogP contribution in [-0.2, 0) is 17.9 Å². The molecule has 0 spiro atoms. The first-order valence-corrected chi connectivity index (χ1v) is 8.90. The Kier molecular flexibility index (Phi) is 4.45. The number of aromatic hydroxyl groups is 2. The number of nitrogens with zero attached hydrogens (tertiary/aromatic N) is 5. The predicted molar refractivity (Wildman–Crippen MR) is 100 cm³/mol. The number of urea groups is 1. The lowest BCUT2D eigenvalue weighted by Gasteiger charge is -2.16. The average molecular weight is 397 g/mol. The molecule has 1 fully saturated rings. The zero-order valence-corrected chi connectivity index (χ0v) is 15.9. The van der Waals surface area contributed by atoms with E-state index in [1.165, 1.54) is 23.2 Å². The van der Waals surface area contributed by atoms with Crippen molar-refractivity contribution < 1.29 is 24.3 Å². The van der Waals surface area contributed by atoms with Crippen molar-refractivity contribution in [3.63, 3.8) is 0 Å². The highest BCUT2D eigenvalue weighted by atomic mass is 16.5. The van der Waals surface area contributed by atoms with E-state index >= 15 is 0 Å². The Morgan fingerprint density at radius 2 is 1.93 bits per heavy atom. The lowest BCUT2D eigenvalue weighted by atomic mass is 10.2. The first-order valence-electron chi connectivity index (χ1n) is 8.90. The fourth-order valence-corrected chi connectivity index (χ4v) is 3.26. The Morgan fingerprint density at radius 1 is 1.14 bits per heavy atom. The lowest BCUT2D eigenvalue weighted by Crippen LogP contribution is -2.32. The highest BCUT2D eigenvalue weighted by Crippen LogP contribution is 2.27. The minimum Gasteiger partial charge on any atom is -0.504 e. The van der Waals surface area contributed by atoms with Gasteiger partial charge in [0.2, 0.25) is 0 Å². The molecule has 0 aliphatic carbocycles. The quantitative estimate of drug-likeness (QED) is 0.498. The monoisotopic (exact) mass is 397 g/mol. The van der Waals surface area contributed by atoms with Gasteiger partial charge in [-0.3, -0.25) is 9.48 Å². The van der Waals surface area contributed by atoms with E-state index < -0.39 is 6.03 Å². The molecule has 3 amide bonds. The summed E-state index contributed by atoms with van der Waals surface area (Å²) in [5.74, 6) is -0.200. The van der Waals surface area contributed by atoms with Crippen molar-refractivity contribution in [2.75, 3.05) is 11.4 Å². The topological polar surface area (TPSA) is 125 Å². The molecule has 2 aromatic heterocycles. The second-order valence-electron chi connectivity index (χ2n) is 6.89. The maximum Gasteiger partial charge on any atom is 0.332 e. The number of phenolic OH excluding ortho intramolecular Hbond substituents is 2. The standard InChI is InChI=1S/C19H19N5O5/c1-11-15(12(2)29-21-11)9-23-8-14(6-20-23)24-18(27)10-22(19(24)28)7-13-3-4-16(25)17(26)5-13/h3-6,8,25-26H,7,9-10H2,1-2H3. The third-order valence-electron chi connectivity index (χ3n) is 4.83. The van der Waals surface area contributed by atoms with Crippen molar-refractivity contribution >= 4 is 17.6 Å². The molecule has 150 valence electrons. The number of amides is 3. The number of carbonyl (C=O) groups excluding carboxylic acids is 2. The van der Waals surface area contributed by atoms with Gasteiger partial charge >= 0.3 is 6.03 Å². The molecule has 2 N–H and O–H groups in total. The van der Waals surface area contributed by atoms with Gasteiger partial charge in [0, 0.05) is 18.3 Å². The lowest BCUT2D eigenvalue weighted by molar-refractivity contribution is -0.116. The van der Waals surface area contributed by atoms with Crippen LogP contribution in [0.5, 0.6) is 11.5 Å². The summed E-state index contributed by atoms with van der Waals surface area (Å²) in [5, 5.41) is 27.2. The Bertz CT molecular complexity index is 1080. The smallest absolute Gasteiger partial charge is 0.332 e. The van der Waals surface area contributed by atoms with Crippen molar-refractivity contribution in [3.8, 4) is 11.5 Å². The van der Waals surface area contributed by atoms with Crippen LogP contribution < -0.4 is 4.90 Å². The van der Waals surface area contributed by atoms with E-state index in [0.717, 1.165) is 16.2 Å². The van der Waals surface area contributed by atoms with Crippen molar-refractivity contribution in [2.45, 2.75) is 26.9 Å². The molecule has 10 nitrogen and oxygen atoms in total. The van der Waals surface area contributed by atoms with E-state index in [1.807, 2.05) is 13.8 Å². The number of aryl methyl sites for hydroxylation is 2. The van der Waals surface area contributed by atoms with E-state index in [0.29, 0.717) is 23.6 Å². The molecule has 0 unspecified atom stereocenters. The first-order chi connectivity index (χ1) is 13.8. The molecule has 1 aromatic carbocycles. The molecule has 4 rings (SSSR count). The molecule has 0 saturated carbocycles. The minimum atomic E-state index is -0.473. The number of anilines is 1. The van der Waals surface area contributed by atoms with Gasteiger partial charge in [0.15, 0.2) is 11.5 Å². The van der Waals surface area contributed by atoms with Crippen LogP contribution in [0.25, 0.3) is 0 Å². The van der Waals surface area contributed by atoms with Gasteiger partial charge in [0.1, 0.15) is 12.3 Å². The number of imide groups is 1. The molecule has 0 radical (unpaired) electrons. The van der Waals surface area contributed by atoms with Gasteiger partial charge in [-0.05, 0) is 31.5 Å². The molecule has 10 heteroatoms. The van der Waals surface area contributed by atoms with Crippen molar-refractivity contribution in [3.05, 3.63) is 53.2 Å². The molecule has 0 atom stereocenters. The van der Waals surface area contributed by atoms with Gasteiger partial charge in [-0.25, -0.2) is 9.69 Å². The number of rotatable bonds is 5. The Morgan fingerprint density at radius 3 is 2.62 bits per heavy atom. The SMILES string of the molecule is Cc1noc(C)c1Cn1cc(N2C(=O)CN(Cc3ccc(O)c(O)c3)C2=O)cn1. The maximum absolute atomic E-state index is 12.8. The Hall–Kier alpha value is -3.82. The van der Waals surface area contributed by atoms with Crippen LogP contribution in [-0.4, -0.2) is 48.5 Å². The van der Waals surface area contributed by atoms with Crippen molar-refractivity contribution in [1.82, 2.24) is 19.8 Å². The van der Waals surface area contributed by atoms with Gasteiger partial charge in [-0.1, -0.05) is 11.2 Å². The fraction of sp³-hybridized carbons (Fsp3) is 0.263. The minimum absolute atomic E-state index is 0.0878. The summed E-state index contributed by atoms with van der Waals surface area (Å²) in [6, 6.07) is 3.80. The van der Waals surface area contributed by atoms with Crippen LogP contribution in [0, 0.1) is 13.8 Å². The Labute approximate surface area is 165 Å². The van der Waals surface area contributed by atoms with Crippen LogP contribution in [0.1, 0.15) is 22.6 Å². The van der Waals surface area contributed by atoms with Crippen molar-refractivity contribution in [1.29, 1.82) is 0 Å². The van der Waals surface area contributed by atoms with Gasteiger partial charge in [-0.2, -0.15) is 5.10 Å². The van der Waals surface area contributed by atoms with Crippen LogP contribution >= 0.6 is 0 Å². The normalized spacial score (nSPS) is 14.3. The van der Waals surface area contributed by atoms with Crippen molar-refractivity contribution in [2.24, 2.45) is 0 Å². The second-order valence-corrected chi connectivity index (χ2v) is 6.89. The van der Waals surface area contributed by atoms with E-state index in [4.69, 9.17) is 4.52 Å². The zero-order valence-electron chi connectivity index (χ0n) is 15.9. The number of hydrogen-bond acceptors (Lipinski definition) is 7. The van der Waals surface area contributed by atoms with Crippen LogP contribution in [0.3, 0.4) is 0 Å². The number of phenols is 2. The van der Waals surface area contributed by atoms with Gasteiger partial charge in [0.05, 0.1) is 24.1 Å². The highest BCUT2D eigenvalue weighted by molar-refractivity contribution is 6.19. The molecular weight excluding hydrogens is 378 g/mol. The van der Waals surface area contributed by atoms with E-state index in [9.17, 15) is 19.8 Å². The maximum atomic E-state index is 12.8. The van der Waals surface area contributed by atoms with Gasteiger partial charge in [0.25, 0.3) is 5.91 Å². The van der Waals surface area contributed by atoms with Gasteiger partial charge in [-0.15, -0.1) is 0 Å². The van der Waals surface area contributed by atoms with Gasteiger partial charge < -0.3 is 19.6 Å². The molecule has 1 saturated heterocycles. The fourth-order valence-electron chi connectivity index (χ4n) is 3.26. The first kappa shape index (κ1) is 18.5.